The zero-order chi connectivity index (χ0) is 15.3. The number of hydrogen-bond acceptors (Lipinski definition) is 4. The second kappa shape index (κ2) is 7.11. The molecular formula is C15H28N4O2. The molecule has 2 aliphatic rings. The number of nitrogens with zero attached hydrogens (tertiary/aromatic N) is 2. The third kappa shape index (κ3) is 3.48. The number of rotatable bonds is 4. The fourth-order valence-electron chi connectivity index (χ4n) is 3.63. The zero-order valence-electron chi connectivity index (χ0n) is 13.0. The van der Waals surface area contributed by atoms with Crippen LogP contribution in [-0.2, 0) is 4.79 Å². The second-order valence-corrected chi connectivity index (χ2v) is 6.33. The third-order valence-electron chi connectivity index (χ3n) is 5.03. The molecule has 6 heteroatoms. The van der Waals surface area contributed by atoms with Crippen LogP contribution in [0, 0.1) is 5.41 Å². The molecule has 1 aliphatic carbocycles. The highest BCUT2D eigenvalue weighted by Crippen LogP contribution is 2.37. The standard InChI is InChI=1S/C15H28N4O2/c1-2-19-10-6-7-12(11-19)17-14(20)15(13(16)18-21)8-4-3-5-9-15/h12,21H,2-11H2,1H3,(H2,16,18)(H,17,20). The molecule has 0 spiro atoms. The number of piperidine rings is 1. The molecule has 1 heterocycles. The van der Waals surface area contributed by atoms with E-state index in [0.717, 1.165) is 51.7 Å². The van der Waals surface area contributed by atoms with E-state index in [9.17, 15) is 4.79 Å². The molecule has 0 aromatic rings. The van der Waals surface area contributed by atoms with Gasteiger partial charge in [0.05, 0.1) is 0 Å². The molecule has 0 radical (unpaired) electrons. The molecule has 120 valence electrons. The van der Waals surface area contributed by atoms with Crippen LogP contribution in [0.3, 0.4) is 0 Å². The Morgan fingerprint density at radius 2 is 2.10 bits per heavy atom. The minimum absolute atomic E-state index is 0.0551. The summed E-state index contributed by atoms with van der Waals surface area (Å²) in [7, 11) is 0. The summed E-state index contributed by atoms with van der Waals surface area (Å²) in [6.07, 6.45) is 6.49. The number of carbonyl (C=O) groups is 1. The van der Waals surface area contributed by atoms with Crippen molar-refractivity contribution in [3.63, 3.8) is 0 Å². The van der Waals surface area contributed by atoms with Crippen LogP contribution in [0.4, 0.5) is 0 Å². The molecule has 0 aromatic carbocycles. The van der Waals surface area contributed by atoms with Gasteiger partial charge in [-0.2, -0.15) is 0 Å². The first kappa shape index (κ1) is 16.1. The van der Waals surface area contributed by atoms with Crippen molar-refractivity contribution in [1.82, 2.24) is 10.2 Å². The maximum atomic E-state index is 12.8. The van der Waals surface area contributed by atoms with Crippen LogP contribution >= 0.6 is 0 Å². The molecule has 0 bridgehead atoms. The number of oxime groups is 1. The summed E-state index contributed by atoms with van der Waals surface area (Å²) >= 11 is 0. The maximum Gasteiger partial charge on any atom is 0.234 e. The maximum absolute atomic E-state index is 12.8. The van der Waals surface area contributed by atoms with Crippen molar-refractivity contribution in [3.8, 4) is 0 Å². The molecule has 21 heavy (non-hydrogen) atoms. The Morgan fingerprint density at radius 1 is 1.38 bits per heavy atom. The molecular weight excluding hydrogens is 268 g/mol. The number of likely N-dealkylation sites (N-methyl/N-ethyl adjacent to an activating group) is 1. The normalized spacial score (nSPS) is 27.3. The van der Waals surface area contributed by atoms with E-state index in [-0.39, 0.29) is 17.8 Å². The molecule has 1 saturated carbocycles. The summed E-state index contributed by atoms with van der Waals surface area (Å²) in [5.74, 6) is 0.0170. The van der Waals surface area contributed by atoms with Gasteiger partial charge >= 0.3 is 0 Å². The Balaban J connectivity index is 2.05. The lowest BCUT2D eigenvalue weighted by Gasteiger charge is -2.38. The van der Waals surface area contributed by atoms with Crippen molar-refractivity contribution in [1.29, 1.82) is 0 Å². The molecule has 1 saturated heterocycles. The topological polar surface area (TPSA) is 91.0 Å². The Kier molecular flexibility index (Phi) is 5.45. The van der Waals surface area contributed by atoms with Gasteiger partial charge in [-0.15, -0.1) is 0 Å². The van der Waals surface area contributed by atoms with Crippen LogP contribution < -0.4 is 11.1 Å². The van der Waals surface area contributed by atoms with E-state index >= 15 is 0 Å². The first-order valence-electron chi connectivity index (χ1n) is 8.13. The average Bonchev–Trinajstić information content (AvgIpc) is 2.54. The van der Waals surface area contributed by atoms with E-state index in [0.29, 0.717) is 12.8 Å². The number of likely N-dealkylation sites (tertiary alicyclic amines) is 1. The largest absolute Gasteiger partial charge is 0.409 e. The van der Waals surface area contributed by atoms with Crippen molar-refractivity contribution < 1.29 is 10.0 Å². The molecule has 2 fully saturated rings. The van der Waals surface area contributed by atoms with Crippen molar-refractivity contribution in [2.75, 3.05) is 19.6 Å². The molecule has 1 aliphatic heterocycles. The predicted molar refractivity (Wildman–Crippen MR) is 82.2 cm³/mol. The van der Waals surface area contributed by atoms with Gasteiger partial charge < -0.3 is 21.2 Å². The van der Waals surface area contributed by atoms with Crippen LogP contribution in [0.5, 0.6) is 0 Å². The van der Waals surface area contributed by atoms with Gasteiger partial charge in [0.2, 0.25) is 5.91 Å². The Labute approximate surface area is 126 Å². The van der Waals surface area contributed by atoms with Gasteiger partial charge in [0.1, 0.15) is 5.41 Å². The van der Waals surface area contributed by atoms with E-state index in [1.54, 1.807) is 0 Å². The fraction of sp³-hybridized carbons (Fsp3) is 0.867. The minimum Gasteiger partial charge on any atom is -0.409 e. The SMILES string of the molecule is CCN1CCCC(NC(=O)C2(C(N)=NO)CCCCC2)C1. The van der Waals surface area contributed by atoms with Gasteiger partial charge in [-0.05, 0) is 38.8 Å². The van der Waals surface area contributed by atoms with Gasteiger partial charge in [-0.1, -0.05) is 31.3 Å². The number of carbonyl (C=O) groups excluding carboxylic acids is 1. The summed E-state index contributed by atoms with van der Waals surface area (Å²) in [6.45, 7) is 5.16. The molecule has 1 atom stereocenters. The lowest BCUT2D eigenvalue weighted by Crippen LogP contribution is -2.56. The van der Waals surface area contributed by atoms with E-state index < -0.39 is 5.41 Å². The third-order valence-corrected chi connectivity index (χ3v) is 5.03. The van der Waals surface area contributed by atoms with Crippen molar-refractivity contribution >= 4 is 11.7 Å². The van der Waals surface area contributed by atoms with Crippen molar-refractivity contribution in [3.05, 3.63) is 0 Å². The molecule has 4 N–H and O–H groups in total. The van der Waals surface area contributed by atoms with Gasteiger partial charge in [-0.3, -0.25) is 4.79 Å². The second-order valence-electron chi connectivity index (χ2n) is 6.33. The number of amides is 1. The number of nitrogens with two attached hydrogens (primary N) is 1. The van der Waals surface area contributed by atoms with Gasteiger partial charge in [-0.25, -0.2) is 0 Å². The first-order chi connectivity index (χ1) is 10.1. The highest BCUT2D eigenvalue weighted by molar-refractivity contribution is 6.06. The highest BCUT2D eigenvalue weighted by Gasteiger charge is 2.44. The Hall–Kier alpha value is -1.30. The van der Waals surface area contributed by atoms with Crippen LogP contribution in [0.25, 0.3) is 0 Å². The van der Waals surface area contributed by atoms with Crippen LogP contribution in [0.15, 0.2) is 5.16 Å². The molecule has 0 aromatic heterocycles. The van der Waals surface area contributed by atoms with Crippen LogP contribution in [0.1, 0.15) is 51.9 Å². The number of amidine groups is 1. The van der Waals surface area contributed by atoms with E-state index in [1.165, 1.54) is 0 Å². The van der Waals surface area contributed by atoms with Crippen LogP contribution in [-0.4, -0.2) is 47.5 Å². The first-order valence-corrected chi connectivity index (χ1v) is 8.13. The smallest absolute Gasteiger partial charge is 0.234 e. The molecule has 2 rings (SSSR count). The monoisotopic (exact) mass is 296 g/mol. The Bertz CT molecular complexity index is 391. The average molecular weight is 296 g/mol. The summed E-state index contributed by atoms with van der Waals surface area (Å²) in [4.78, 5) is 15.1. The van der Waals surface area contributed by atoms with Gasteiger partial charge in [0.15, 0.2) is 5.84 Å². The number of nitrogens with one attached hydrogen (secondary N) is 1. The van der Waals surface area contributed by atoms with E-state index in [2.05, 4.69) is 22.3 Å². The summed E-state index contributed by atoms with van der Waals surface area (Å²) in [5.41, 5.74) is 5.07. The van der Waals surface area contributed by atoms with Gasteiger partial charge in [0, 0.05) is 12.6 Å². The Morgan fingerprint density at radius 3 is 2.71 bits per heavy atom. The van der Waals surface area contributed by atoms with Crippen molar-refractivity contribution in [2.45, 2.75) is 57.9 Å². The van der Waals surface area contributed by atoms with Gasteiger partial charge in [0.25, 0.3) is 0 Å². The molecule has 1 unspecified atom stereocenters. The lowest BCUT2D eigenvalue weighted by molar-refractivity contribution is -0.130. The van der Waals surface area contributed by atoms with E-state index in [1.807, 2.05) is 0 Å². The predicted octanol–water partition coefficient (Wildman–Crippen LogP) is 1.28. The van der Waals surface area contributed by atoms with E-state index in [4.69, 9.17) is 10.9 Å². The highest BCUT2D eigenvalue weighted by atomic mass is 16.4. The van der Waals surface area contributed by atoms with Crippen molar-refractivity contribution in [2.24, 2.45) is 16.3 Å². The molecule has 6 nitrogen and oxygen atoms in total. The summed E-state index contributed by atoms with van der Waals surface area (Å²) in [6, 6.07) is 0.177. The fourth-order valence-corrected chi connectivity index (χ4v) is 3.63. The van der Waals surface area contributed by atoms with Crippen LogP contribution in [0.2, 0.25) is 0 Å². The quantitative estimate of drug-likeness (QED) is 0.315. The number of hydrogen-bond donors (Lipinski definition) is 3. The summed E-state index contributed by atoms with van der Waals surface area (Å²) < 4.78 is 0. The lowest BCUT2D eigenvalue weighted by atomic mass is 9.72. The summed E-state index contributed by atoms with van der Waals surface area (Å²) in [5, 5.41) is 15.4. The minimum atomic E-state index is -0.804. The zero-order valence-corrected chi connectivity index (χ0v) is 13.0. The molecule has 1 amide bonds.